The van der Waals surface area contributed by atoms with Gasteiger partial charge in [-0.25, -0.2) is 4.79 Å². The molecule has 2 rings (SSSR count). The lowest BCUT2D eigenvalue weighted by molar-refractivity contribution is -0.134. The molecule has 1 aliphatic heterocycles. The summed E-state index contributed by atoms with van der Waals surface area (Å²) < 4.78 is 5.35. The lowest BCUT2D eigenvalue weighted by Gasteiger charge is -2.28. The van der Waals surface area contributed by atoms with Gasteiger partial charge in [0, 0.05) is 20.1 Å². The number of amides is 2. The number of carbonyl (C=O) groups excluding carboxylic acids is 2. The number of likely N-dealkylation sites (tertiary alicyclic amines) is 1. The number of nitrogens with zero attached hydrogens (tertiary/aromatic N) is 2. The number of benzene rings is 1. The number of hydrogen-bond donors (Lipinski definition) is 1. The third kappa shape index (κ3) is 4.47. The summed E-state index contributed by atoms with van der Waals surface area (Å²) in [5.41, 5.74) is 6.89. The summed E-state index contributed by atoms with van der Waals surface area (Å²) >= 11 is 0. The first-order chi connectivity index (χ1) is 11.4. The van der Waals surface area contributed by atoms with Gasteiger partial charge in [0.05, 0.1) is 12.1 Å². The molecule has 0 saturated carbocycles. The average Bonchev–Trinajstić information content (AvgIpc) is 3.08. The highest BCUT2D eigenvalue weighted by Crippen LogP contribution is 2.17. The summed E-state index contributed by atoms with van der Waals surface area (Å²) in [6.07, 6.45) is 0.406. The number of likely N-dealkylation sites (N-methyl/N-ethyl adjacent to an activating group) is 1. The molecule has 1 aromatic carbocycles. The van der Waals surface area contributed by atoms with Crippen LogP contribution in [0.2, 0.25) is 0 Å². The van der Waals surface area contributed by atoms with E-state index in [0.29, 0.717) is 13.1 Å². The number of rotatable bonds is 5. The normalized spacial score (nSPS) is 18.5. The minimum Gasteiger partial charge on any atom is -0.445 e. The van der Waals surface area contributed by atoms with E-state index in [1.165, 1.54) is 0 Å². The SMILES string of the molecule is CC(C)C(N)C(=O)N(C)C1CCN(C(=O)OCc2ccccc2)C1. The molecule has 6 nitrogen and oxygen atoms in total. The van der Waals surface area contributed by atoms with Crippen molar-refractivity contribution < 1.29 is 14.3 Å². The van der Waals surface area contributed by atoms with Crippen LogP contribution in [0.25, 0.3) is 0 Å². The van der Waals surface area contributed by atoms with E-state index in [1.807, 2.05) is 44.2 Å². The van der Waals surface area contributed by atoms with Crippen LogP contribution < -0.4 is 5.73 Å². The van der Waals surface area contributed by atoms with Crippen molar-refractivity contribution in [2.24, 2.45) is 11.7 Å². The molecule has 1 fully saturated rings. The minimum absolute atomic E-state index is 0.00780. The van der Waals surface area contributed by atoms with E-state index in [2.05, 4.69) is 0 Å². The van der Waals surface area contributed by atoms with Crippen LogP contribution in [0, 0.1) is 5.92 Å². The second-order valence-electron chi connectivity index (χ2n) is 6.65. The molecule has 0 bridgehead atoms. The fraction of sp³-hybridized carbons (Fsp3) is 0.556. The molecule has 1 aromatic rings. The Morgan fingerprint density at radius 2 is 2.00 bits per heavy atom. The van der Waals surface area contributed by atoms with Crippen LogP contribution >= 0.6 is 0 Å². The summed E-state index contributed by atoms with van der Waals surface area (Å²) in [4.78, 5) is 27.8. The Morgan fingerprint density at radius 3 is 2.62 bits per heavy atom. The number of nitrogens with two attached hydrogens (primary N) is 1. The van der Waals surface area contributed by atoms with Crippen LogP contribution in [-0.2, 0) is 16.1 Å². The molecule has 132 valence electrons. The largest absolute Gasteiger partial charge is 0.445 e. The quantitative estimate of drug-likeness (QED) is 0.892. The summed E-state index contributed by atoms with van der Waals surface area (Å²) in [7, 11) is 1.76. The van der Waals surface area contributed by atoms with Crippen LogP contribution in [0.1, 0.15) is 25.8 Å². The molecule has 0 spiro atoms. The van der Waals surface area contributed by atoms with Gasteiger partial charge in [-0.15, -0.1) is 0 Å². The molecule has 2 unspecified atom stereocenters. The maximum atomic E-state index is 12.3. The Labute approximate surface area is 143 Å². The highest BCUT2D eigenvalue weighted by Gasteiger charge is 2.33. The van der Waals surface area contributed by atoms with Gasteiger partial charge in [0.15, 0.2) is 0 Å². The molecule has 1 heterocycles. The first-order valence-electron chi connectivity index (χ1n) is 8.38. The van der Waals surface area contributed by atoms with Gasteiger partial charge in [0.1, 0.15) is 6.61 Å². The fourth-order valence-corrected chi connectivity index (χ4v) is 2.73. The molecule has 6 heteroatoms. The van der Waals surface area contributed by atoms with E-state index in [-0.39, 0.29) is 30.6 Å². The summed E-state index contributed by atoms with van der Waals surface area (Å²) in [6.45, 7) is 5.19. The predicted octanol–water partition coefficient (Wildman–Crippen LogP) is 1.84. The second kappa shape index (κ2) is 8.15. The van der Waals surface area contributed by atoms with Crippen LogP contribution in [0.5, 0.6) is 0 Å². The van der Waals surface area contributed by atoms with Crippen molar-refractivity contribution in [2.75, 3.05) is 20.1 Å². The number of ether oxygens (including phenoxy) is 1. The zero-order valence-corrected chi connectivity index (χ0v) is 14.6. The van der Waals surface area contributed by atoms with Crippen molar-refractivity contribution in [1.29, 1.82) is 0 Å². The first-order valence-corrected chi connectivity index (χ1v) is 8.38. The van der Waals surface area contributed by atoms with Crippen LogP contribution in [0.15, 0.2) is 30.3 Å². The van der Waals surface area contributed by atoms with Crippen molar-refractivity contribution in [2.45, 2.75) is 39.0 Å². The van der Waals surface area contributed by atoms with E-state index < -0.39 is 6.04 Å². The maximum absolute atomic E-state index is 12.3. The van der Waals surface area contributed by atoms with Gasteiger partial charge in [0.25, 0.3) is 0 Å². The first kappa shape index (κ1) is 18.3. The van der Waals surface area contributed by atoms with Gasteiger partial charge in [-0.3, -0.25) is 4.79 Å². The topological polar surface area (TPSA) is 75.9 Å². The molecule has 1 aliphatic rings. The lowest BCUT2D eigenvalue weighted by Crippen LogP contribution is -2.49. The van der Waals surface area contributed by atoms with E-state index in [4.69, 9.17) is 10.5 Å². The summed E-state index contributed by atoms with van der Waals surface area (Å²) in [5, 5.41) is 0. The standard InChI is InChI=1S/C18H27N3O3/c1-13(2)16(19)17(22)20(3)15-9-10-21(11-15)18(23)24-12-14-7-5-4-6-8-14/h4-8,13,15-16H,9-12,19H2,1-3H3. The van der Waals surface area contributed by atoms with Crippen molar-refractivity contribution in [3.63, 3.8) is 0 Å². The second-order valence-corrected chi connectivity index (χ2v) is 6.65. The zero-order valence-electron chi connectivity index (χ0n) is 14.6. The molecule has 0 aliphatic carbocycles. The van der Waals surface area contributed by atoms with E-state index >= 15 is 0 Å². The van der Waals surface area contributed by atoms with E-state index in [9.17, 15) is 9.59 Å². The zero-order chi connectivity index (χ0) is 17.7. The predicted molar refractivity (Wildman–Crippen MR) is 92.2 cm³/mol. The molecule has 2 N–H and O–H groups in total. The van der Waals surface area contributed by atoms with Crippen molar-refractivity contribution in [3.8, 4) is 0 Å². The van der Waals surface area contributed by atoms with Crippen LogP contribution in [-0.4, -0.2) is 54.0 Å². The number of carbonyl (C=O) groups is 2. The Kier molecular flexibility index (Phi) is 6.20. The van der Waals surface area contributed by atoms with E-state index in [1.54, 1.807) is 16.8 Å². The lowest BCUT2D eigenvalue weighted by atomic mass is 10.0. The smallest absolute Gasteiger partial charge is 0.410 e. The van der Waals surface area contributed by atoms with E-state index in [0.717, 1.165) is 12.0 Å². The molecule has 0 aromatic heterocycles. The fourth-order valence-electron chi connectivity index (χ4n) is 2.73. The average molecular weight is 333 g/mol. The van der Waals surface area contributed by atoms with Crippen molar-refractivity contribution >= 4 is 12.0 Å². The van der Waals surface area contributed by atoms with Gasteiger partial charge in [-0.2, -0.15) is 0 Å². The third-order valence-electron chi connectivity index (χ3n) is 4.53. The van der Waals surface area contributed by atoms with Gasteiger partial charge < -0.3 is 20.3 Å². The van der Waals surface area contributed by atoms with Crippen molar-refractivity contribution in [1.82, 2.24) is 9.80 Å². The van der Waals surface area contributed by atoms with Gasteiger partial charge >= 0.3 is 6.09 Å². The van der Waals surface area contributed by atoms with Crippen LogP contribution in [0.4, 0.5) is 4.79 Å². The number of hydrogen-bond acceptors (Lipinski definition) is 4. The molecular formula is C18H27N3O3. The van der Waals surface area contributed by atoms with Gasteiger partial charge in [-0.1, -0.05) is 44.2 Å². The Bertz CT molecular complexity index is 562. The summed E-state index contributed by atoms with van der Waals surface area (Å²) in [6, 6.07) is 9.06. The summed E-state index contributed by atoms with van der Waals surface area (Å²) in [5.74, 6) is 0.0165. The van der Waals surface area contributed by atoms with Gasteiger partial charge in [0.2, 0.25) is 5.91 Å². The Morgan fingerprint density at radius 1 is 1.33 bits per heavy atom. The maximum Gasteiger partial charge on any atom is 0.410 e. The minimum atomic E-state index is -0.505. The Balaban J connectivity index is 1.83. The van der Waals surface area contributed by atoms with Gasteiger partial charge in [-0.05, 0) is 17.9 Å². The van der Waals surface area contributed by atoms with Crippen molar-refractivity contribution in [3.05, 3.63) is 35.9 Å². The molecule has 1 saturated heterocycles. The third-order valence-corrected chi connectivity index (χ3v) is 4.53. The monoisotopic (exact) mass is 333 g/mol. The van der Waals surface area contributed by atoms with Crippen LogP contribution in [0.3, 0.4) is 0 Å². The molecule has 24 heavy (non-hydrogen) atoms. The highest BCUT2D eigenvalue weighted by atomic mass is 16.6. The highest BCUT2D eigenvalue weighted by molar-refractivity contribution is 5.82. The molecule has 0 radical (unpaired) electrons. The molecular weight excluding hydrogens is 306 g/mol. The Hall–Kier alpha value is -2.08. The molecule has 2 amide bonds. The molecule has 2 atom stereocenters.